The van der Waals surface area contributed by atoms with Gasteiger partial charge in [-0.2, -0.15) is 8.42 Å². The molecule has 0 amide bonds. The van der Waals surface area contributed by atoms with Gasteiger partial charge in [-0.1, -0.05) is 39.4 Å². The second-order valence-corrected chi connectivity index (χ2v) is 15.0. The monoisotopic (exact) mass is 356 g/mol. The van der Waals surface area contributed by atoms with Gasteiger partial charge in [0.25, 0.3) is 10.1 Å². The van der Waals surface area contributed by atoms with Crippen LogP contribution in [0.15, 0.2) is 0 Å². The number of carbonyl (C=O) groups excluding carboxylic acids is 1. The average molecular weight is 357 g/mol. The Morgan fingerprint density at radius 3 is 2.39 bits per heavy atom. The number of ketones is 1. The lowest BCUT2D eigenvalue weighted by atomic mass is 9.70. The topological polar surface area (TPSA) is 60.4 Å². The third-order valence-electron chi connectivity index (χ3n) is 5.50. The van der Waals surface area contributed by atoms with E-state index < -0.39 is 29.7 Å². The number of carbonyl (C=O) groups is 1. The van der Waals surface area contributed by atoms with Crippen molar-refractivity contribution in [1.29, 1.82) is 0 Å². The lowest BCUT2D eigenvalue weighted by Gasteiger charge is -2.35. The molecule has 2 unspecified atom stereocenters. The van der Waals surface area contributed by atoms with Gasteiger partial charge in [0.05, 0.1) is 11.2 Å². The van der Waals surface area contributed by atoms with E-state index in [0.717, 1.165) is 6.42 Å². The summed E-state index contributed by atoms with van der Waals surface area (Å²) in [6.07, 6.45) is 1.42. The molecule has 0 saturated heterocycles. The van der Waals surface area contributed by atoms with E-state index in [2.05, 4.69) is 31.1 Å². The largest absolute Gasteiger partial charge is 0.299 e. The summed E-state index contributed by atoms with van der Waals surface area (Å²) in [5.74, 6) is 3.08. The van der Waals surface area contributed by atoms with Crippen molar-refractivity contribution in [3.8, 4) is 11.5 Å². The molecule has 6 heteroatoms. The minimum Gasteiger partial charge on any atom is -0.299 e. The van der Waals surface area contributed by atoms with E-state index in [9.17, 15) is 13.2 Å². The van der Waals surface area contributed by atoms with Gasteiger partial charge in [0.15, 0.2) is 0 Å². The molecule has 23 heavy (non-hydrogen) atoms. The zero-order valence-electron chi connectivity index (χ0n) is 15.0. The summed E-state index contributed by atoms with van der Waals surface area (Å²) in [6.45, 7) is 12.0. The molecule has 0 radical (unpaired) electrons. The Kier molecular flexibility index (Phi) is 4.64. The smallest absolute Gasteiger partial charge is 0.269 e. The molecule has 0 aromatic rings. The van der Waals surface area contributed by atoms with E-state index in [1.54, 1.807) is 6.92 Å². The molecule has 0 aromatic heterocycles. The number of hydrogen-bond donors (Lipinski definition) is 0. The molecule has 2 saturated carbocycles. The molecule has 2 fully saturated rings. The predicted octanol–water partition coefficient (Wildman–Crippen LogP) is 3.00. The minimum atomic E-state index is -3.79. The van der Waals surface area contributed by atoms with Gasteiger partial charge in [-0.15, -0.1) is 5.54 Å². The van der Waals surface area contributed by atoms with Gasteiger partial charge in [0.2, 0.25) is 0 Å². The van der Waals surface area contributed by atoms with Crippen LogP contribution in [0.3, 0.4) is 0 Å². The SMILES string of the molecule is CC(C#C[Si](C)(C)C)OS(=O)(=O)C[C@]12CCC(CC1=O)C2(C)C. The normalized spacial score (nSPS) is 30.9. The van der Waals surface area contributed by atoms with Crippen LogP contribution in [0.5, 0.6) is 0 Å². The Morgan fingerprint density at radius 2 is 1.96 bits per heavy atom. The van der Waals surface area contributed by atoms with Crippen molar-refractivity contribution < 1.29 is 17.4 Å². The van der Waals surface area contributed by atoms with E-state index in [1.807, 2.05) is 13.8 Å². The van der Waals surface area contributed by atoms with E-state index in [1.165, 1.54) is 0 Å². The van der Waals surface area contributed by atoms with Crippen LogP contribution in [0.1, 0.15) is 40.0 Å². The van der Waals surface area contributed by atoms with Crippen molar-refractivity contribution in [2.24, 2.45) is 16.7 Å². The first-order valence-electron chi connectivity index (χ1n) is 8.26. The third kappa shape index (κ3) is 3.57. The average Bonchev–Trinajstić information content (AvgIpc) is 2.68. The third-order valence-corrected chi connectivity index (χ3v) is 7.83. The number of Topliss-reactive ketones (excluding diaryl/α,β-unsaturated/α-hetero) is 1. The van der Waals surface area contributed by atoms with E-state index >= 15 is 0 Å². The van der Waals surface area contributed by atoms with Crippen LogP contribution >= 0.6 is 0 Å². The van der Waals surface area contributed by atoms with Crippen molar-refractivity contribution in [3.05, 3.63) is 0 Å². The van der Waals surface area contributed by atoms with Crippen LogP contribution in [0, 0.1) is 28.2 Å². The van der Waals surface area contributed by atoms with Crippen molar-refractivity contribution in [2.45, 2.75) is 65.8 Å². The highest BCUT2D eigenvalue weighted by Crippen LogP contribution is 2.64. The Bertz CT molecular complexity index is 663. The quantitative estimate of drug-likeness (QED) is 0.441. The first-order valence-corrected chi connectivity index (χ1v) is 13.3. The zero-order chi connectivity index (χ0) is 17.7. The molecule has 130 valence electrons. The fourth-order valence-electron chi connectivity index (χ4n) is 4.01. The highest BCUT2D eigenvalue weighted by Gasteiger charge is 2.65. The van der Waals surface area contributed by atoms with Gasteiger partial charge in [-0.25, -0.2) is 0 Å². The molecule has 4 nitrogen and oxygen atoms in total. The van der Waals surface area contributed by atoms with Crippen LogP contribution in [0.2, 0.25) is 19.6 Å². The fraction of sp³-hybridized carbons (Fsp3) is 0.824. The van der Waals surface area contributed by atoms with Crippen molar-refractivity contribution in [1.82, 2.24) is 0 Å². The predicted molar refractivity (Wildman–Crippen MR) is 94.0 cm³/mol. The molecule has 0 N–H and O–H groups in total. The summed E-state index contributed by atoms with van der Waals surface area (Å²) >= 11 is 0. The first-order chi connectivity index (χ1) is 10.3. The van der Waals surface area contributed by atoms with Crippen LogP contribution in [0.4, 0.5) is 0 Å². The van der Waals surface area contributed by atoms with E-state index in [4.69, 9.17) is 4.18 Å². The maximum atomic E-state index is 12.5. The number of rotatable bonds is 4. The highest BCUT2D eigenvalue weighted by atomic mass is 32.2. The molecule has 0 aliphatic heterocycles. The lowest BCUT2D eigenvalue weighted by Crippen LogP contribution is -2.43. The lowest BCUT2D eigenvalue weighted by molar-refractivity contribution is -0.128. The maximum Gasteiger partial charge on any atom is 0.269 e. The Labute approximate surface area is 141 Å². The molecular weight excluding hydrogens is 328 g/mol. The summed E-state index contributed by atoms with van der Waals surface area (Å²) in [7, 11) is -5.36. The summed E-state index contributed by atoms with van der Waals surface area (Å²) in [4.78, 5) is 12.5. The summed E-state index contributed by atoms with van der Waals surface area (Å²) in [6, 6.07) is 0. The number of fused-ring (bicyclic) bond motifs is 2. The molecule has 2 bridgehead atoms. The second-order valence-electron chi connectivity index (χ2n) is 8.63. The molecular formula is C17H28O4SSi. The fourth-order valence-corrected chi connectivity index (χ4v) is 6.48. The summed E-state index contributed by atoms with van der Waals surface area (Å²) < 4.78 is 30.3. The van der Waals surface area contributed by atoms with Gasteiger partial charge in [0.1, 0.15) is 20.0 Å². The number of hydrogen-bond acceptors (Lipinski definition) is 4. The van der Waals surface area contributed by atoms with Gasteiger partial charge >= 0.3 is 0 Å². The maximum absolute atomic E-state index is 12.5. The van der Waals surface area contributed by atoms with Crippen LogP contribution in [-0.4, -0.2) is 34.1 Å². The standard InChI is InChI=1S/C17H28O4SSi/c1-13(8-10-23(4,5)6)21-22(19,20)12-17-9-7-14(11-15(17)18)16(17,2)3/h13-14H,7,9,11-12H2,1-6H3/t13?,14?,17-/m1/s1. The highest BCUT2D eigenvalue weighted by molar-refractivity contribution is 7.86. The van der Waals surface area contributed by atoms with E-state index in [-0.39, 0.29) is 17.0 Å². The van der Waals surface area contributed by atoms with Crippen LogP contribution < -0.4 is 0 Å². The van der Waals surface area contributed by atoms with Crippen LogP contribution in [0.25, 0.3) is 0 Å². The molecule has 2 aliphatic rings. The van der Waals surface area contributed by atoms with Gasteiger partial charge in [-0.3, -0.25) is 8.98 Å². The molecule has 2 aliphatic carbocycles. The Hall–Kier alpha value is -0.643. The molecule has 0 spiro atoms. The summed E-state index contributed by atoms with van der Waals surface area (Å²) in [5, 5.41) is 0. The van der Waals surface area contributed by atoms with Crippen molar-refractivity contribution >= 4 is 24.0 Å². The van der Waals surface area contributed by atoms with Gasteiger partial charge < -0.3 is 0 Å². The van der Waals surface area contributed by atoms with Gasteiger partial charge in [0, 0.05) is 6.42 Å². The zero-order valence-corrected chi connectivity index (χ0v) is 16.8. The van der Waals surface area contributed by atoms with Gasteiger partial charge in [-0.05, 0) is 31.1 Å². The molecule has 3 atom stereocenters. The summed E-state index contributed by atoms with van der Waals surface area (Å²) in [5.41, 5.74) is 2.08. The van der Waals surface area contributed by atoms with E-state index in [0.29, 0.717) is 18.8 Å². The van der Waals surface area contributed by atoms with Crippen LogP contribution in [-0.2, 0) is 19.1 Å². The Morgan fingerprint density at radius 1 is 1.35 bits per heavy atom. The second kappa shape index (κ2) is 5.71. The molecule has 0 heterocycles. The van der Waals surface area contributed by atoms with Crippen molar-refractivity contribution in [3.63, 3.8) is 0 Å². The van der Waals surface area contributed by atoms with Crippen molar-refractivity contribution in [2.75, 3.05) is 5.75 Å². The molecule has 2 rings (SSSR count). The Balaban J connectivity index is 2.15. The first kappa shape index (κ1) is 18.7. The minimum absolute atomic E-state index is 0.0896. The molecule has 0 aromatic carbocycles.